The van der Waals surface area contributed by atoms with E-state index in [0.29, 0.717) is 6.54 Å². The summed E-state index contributed by atoms with van der Waals surface area (Å²) in [4.78, 5) is 4.73. The Balaban J connectivity index is 0.00000420. The first-order valence-electron chi connectivity index (χ1n) is 10.2. The molecule has 1 aliphatic heterocycles. The molecular formula is C22H38IN3O3. The minimum Gasteiger partial charge on any atom is -0.496 e. The van der Waals surface area contributed by atoms with Crippen LogP contribution < -0.4 is 15.4 Å². The summed E-state index contributed by atoms with van der Waals surface area (Å²) in [5.74, 6) is 1.75. The van der Waals surface area contributed by atoms with Crippen LogP contribution in [0.4, 0.5) is 0 Å². The molecule has 2 N–H and O–H groups in total. The van der Waals surface area contributed by atoms with Gasteiger partial charge in [-0.3, -0.25) is 4.99 Å². The fourth-order valence-corrected chi connectivity index (χ4v) is 3.47. The van der Waals surface area contributed by atoms with E-state index < -0.39 is 0 Å². The molecule has 6 nitrogen and oxygen atoms in total. The third kappa shape index (κ3) is 7.29. The number of halogens is 1. The zero-order valence-electron chi connectivity index (χ0n) is 18.8. The molecule has 1 saturated heterocycles. The van der Waals surface area contributed by atoms with E-state index in [0.717, 1.165) is 50.9 Å². The van der Waals surface area contributed by atoms with Gasteiger partial charge in [-0.05, 0) is 46.6 Å². The standard InChI is InChI=1S/C22H37N3O3.HI/c1-7-23-20(24-15-21(3,4)27-6)25-16-22(10-12-28-13-11-22)18-14-17(2)8-9-19(18)26-5;/h8-9,14H,7,10-13,15-16H2,1-6H3,(H2,23,24,25);1H. The lowest BCUT2D eigenvalue weighted by Gasteiger charge is -2.39. The Kier molecular flexibility index (Phi) is 10.7. The van der Waals surface area contributed by atoms with E-state index in [9.17, 15) is 0 Å². The van der Waals surface area contributed by atoms with Crippen LogP contribution in [0.5, 0.6) is 5.75 Å². The molecule has 1 fully saturated rings. The van der Waals surface area contributed by atoms with Gasteiger partial charge in [0.1, 0.15) is 5.75 Å². The van der Waals surface area contributed by atoms with Gasteiger partial charge in [0.2, 0.25) is 0 Å². The van der Waals surface area contributed by atoms with Crippen molar-refractivity contribution in [2.45, 2.75) is 51.6 Å². The van der Waals surface area contributed by atoms with E-state index in [1.807, 2.05) is 13.8 Å². The predicted octanol–water partition coefficient (Wildman–Crippen LogP) is 3.65. The number of hydrogen-bond donors (Lipinski definition) is 2. The number of nitrogens with one attached hydrogen (secondary N) is 2. The van der Waals surface area contributed by atoms with Crippen molar-refractivity contribution in [1.82, 2.24) is 10.6 Å². The summed E-state index contributed by atoms with van der Waals surface area (Å²) >= 11 is 0. The number of aliphatic imine (C=N–C) groups is 1. The number of methoxy groups -OCH3 is 2. The lowest BCUT2D eigenvalue weighted by atomic mass is 9.73. The van der Waals surface area contributed by atoms with Gasteiger partial charge in [-0.1, -0.05) is 17.7 Å². The first kappa shape index (κ1) is 26.0. The molecule has 29 heavy (non-hydrogen) atoms. The summed E-state index contributed by atoms with van der Waals surface area (Å²) in [7, 11) is 3.46. The van der Waals surface area contributed by atoms with Gasteiger partial charge in [0.05, 0.1) is 19.3 Å². The molecule has 1 heterocycles. The highest BCUT2D eigenvalue weighted by atomic mass is 127. The fraction of sp³-hybridized carbons (Fsp3) is 0.682. The van der Waals surface area contributed by atoms with Crippen molar-refractivity contribution in [2.24, 2.45) is 4.99 Å². The van der Waals surface area contributed by atoms with Crippen LogP contribution in [0.2, 0.25) is 0 Å². The average molecular weight is 519 g/mol. The Morgan fingerprint density at radius 1 is 1.21 bits per heavy atom. The lowest BCUT2D eigenvalue weighted by Crippen LogP contribution is -2.48. The Bertz CT molecular complexity index is 659. The lowest BCUT2D eigenvalue weighted by molar-refractivity contribution is 0.0310. The van der Waals surface area contributed by atoms with Crippen LogP contribution in [0.3, 0.4) is 0 Å². The zero-order chi connectivity index (χ0) is 20.6. The Morgan fingerprint density at radius 3 is 2.48 bits per heavy atom. The summed E-state index contributed by atoms with van der Waals surface area (Å²) in [6.07, 6.45) is 1.89. The van der Waals surface area contributed by atoms with Crippen molar-refractivity contribution < 1.29 is 14.2 Å². The van der Waals surface area contributed by atoms with E-state index in [2.05, 4.69) is 42.7 Å². The maximum atomic E-state index is 5.71. The van der Waals surface area contributed by atoms with Crippen molar-refractivity contribution in [3.8, 4) is 5.75 Å². The highest BCUT2D eigenvalue weighted by molar-refractivity contribution is 14.0. The maximum absolute atomic E-state index is 5.71. The molecule has 0 radical (unpaired) electrons. The number of rotatable bonds is 8. The number of benzene rings is 1. The van der Waals surface area contributed by atoms with Crippen molar-refractivity contribution in [3.63, 3.8) is 0 Å². The van der Waals surface area contributed by atoms with Gasteiger partial charge in [0, 0.05) is 44.4 Å². The van der Waals surface area contributed by atoms with Crippen LogP contribution in [0.1, 0.15) is 44.7 Å². The predicted molar refractivity (Wildman–Crippen MR) is 130 cm³/mol. The number of nitrogens with zero attached hydrogens (tertiary/aromatic N) is 1. The summed E-state index contributed by atoms with van der Waals surface area (Å²) in [6.45, 7) is 12.0. The van der Waals surface area contributed by atoms with E-state index in [1.54, 1.807) is 14.2 Å². The van der Waals surface area contributed by atoms with Gasteiger partial charge in [-0.15, -0.1) is 24.0 Å². The molecule has 1 aliphatic rings. The quantitative estimate of drug-likeness (QED) is 0.312. The molecule has 166 valence electrons. The third-order valence-corrected chi connectivity index (χ3v) is 5.49. The highest BCUT2D eigenvalue weighted by Gasteiger charge is 2.37. The van der Waals surface area contributed by atoms with Crippen LogP contribution in [0, 0.1) is 6.92 Å². The molecule has 0 aromatic heterocycles. The molecule has 0 aliphatic carbocycles. The minimum atomic E-state index is -0.293. The maximum Gasteiger partial charge on any atom is 0.191 e. The Labute approximate surface area is 193 Å². The number of aryl methyl sites for hydroxylation is 1. The molecule has 0 unspecified atom stereocenters. The Morgan fingerprint density at radius 2 is 1.90 bits per heavy atom. The average Bonchev–Trinajstić information content (AvgIpc) is 2.71. The van der Waals surface area contributed by atoms with E-state index in [4.69, 9.17) is 19.2 Å². The monoisotopic (exact) mass is 519 g/mol. The molecule has 0 bridgehead atoms. The largest absolute Gasteiger partial charge is 0.496 e. The van der Waals surface area contributed by atoms with Gasteiger partial charge in [-0.25, -0.2) is 0 Å². The molecule has 0 atom stereocenters. The van der Waals surface area contributed by atoms with Crippen LogP contribution in [0.25, 0.3) is 0 Å². The second kappa shape index (κ2) is 12.0. The van der Waals surface area contributed by atoms with Crippen molar-refractivity contribution in [3.05, 3.63) is 29.3 Å². The van der Waals surface area contributed by atoms with Crippen molar-refractivity contribution in [2.75, 3.05) is 47.1 Å². The van der Waals surface area contributed by atoms with Gasteiger partial charge < -0.3 is 24.8 Å². The van der Waals surface area contributed by atoms with Crippen molar-refractivity contribution >= 4 is 29.9 Å². The zero-order valence-corrected chi connectivity index (χ0v) is 21.1. The van der Waals surface area contributed by atoms with Gasteiger partial charge >= 0.3 is 0 Å². The molecule has 1 aromatic carbocycles. The number of ether oxygens (including phenoxy) is 3. The van der Waals surface area contributed by atoms with E-state index >= 15 is 0 Å². The third-order valence-electron chi connectivity index (χ3n) is 5.49. The summed E-state index contributed by atoms with van der Waals surface area (Å²) in [5, 5.41) is 6.92. The SMILES string of the molecule is CCNC(=NCC(C)(C)OC)NCC1(c2cc(C)ccc2OC)CCOCC1.I. The molecule has 0 spiro atoms. The first-order chi connectivity index (χ1) is 13.4. The molecule has 0 amide bonds. The van der Waals surface area contributed by atoms with E-state index in [1.165, 1.54) is 11.1 Å². The topological polar surface area (TPSA) is 64.1 Å². The fourth-order valence-electron chi connectivity index (χ4n) is 3.47. The summed E-state index contributed by atoms with van der Waals surface area (Å²) in [6, 6.07) is 6.42. The summed E-state index contributed by atoms with van der Waals surface area (Å²) in [5.41, 5.74) is 2.14. The minimum absolute atomic E-state index is 0. The second-order valence-electron chi connectivity index (χ2n) is 8.11. The molecule has 7 heteroatoms. The van der Waals surface area contributed by atoms with E-state index in [-0.39, 0.29) is 35.0 Å². The van der Waals surface area contributed by atoms with Gasteiger partial charge in [-0.2, -0.15) is 0 Å². The molecular weight excluding hydrogens is 481 g/mol. The van der Waals surface area contributed by atoms with Crippen LogP contribution in [0.15, 0.2) is 23.2 Å². The van der Waals surface area contributed by atoms with Crippen LogP contribution in [-0.4, -0.2) is 58.6 Å². The van der Waals surface area contributed by atoms with Crippen molar-refractivity contribution in [1.29, 1.82) is 0 Å². The molecule has 2 rings (SSSR count). The van der Waals surface area contributed by atoms with Gasteiger partial charge in [0.25, 0.3) is 0 Å². The van der Waals surface area contributed by atoms with Gasteiger partial charge in [0.15, 0.2) is 5.96 Å². The number of guanidine groups is 1. The number of hydrogen-bond acceptors (Lipinski definition) is 4. The first-order valence-corrected chi connectivity index (χ1v) is 10.2. The van der Waals surface area contributed by atoms with Crippen LogP contribution in [-0.2, 0) is 14.9 Å². The van der Waals surface area contributed by atoms with Crippen LogP contribution >= 0.6 is 24.0 Å². The highest BCUT2D eigenvalue weighted by Crippen LogP contribution is 2.40. The Hall–Kier alpha value is -1.06. The second-order valence-corrected chi connectivity index (χ2v) is 8.11. The molecule has 0 saturated carbocycles. The normalized spacial score (nSPS) is 16.7. The summed E-state index contributed by atoms with van der Waals surface area (Å²) < 4.78 is 16.9. The molecule has 1 aromatic rings. The smallest absolute Gasteiger partial charge is 0.191 e.